The van der Waals surface area contributed by atoms with Crippen molar-refractivity contribution in [3.8, 4) is 6.07 Å². The van der Waals surface area contributed by atoms with Crippen LogP contribution in [0.4, 0.5) is 0 Å². The molecule has 1 aromatic heterocycles. The molecule has 0 saturated carbocycles. The van der Waals surface area contributed by atoms with Crippen molar-refractivity contribution >= 4 is 11.0 Å². The molecule has 0 spiro atoms. The molecule has 0 aliphatic heterocycles. The minimum Gasteiger partial charge on any atom is -0.368 e. The van der Waals surface area contributed by atoms with E-state index in [-0.39, 0.29) is 5.60 Å². The molecule has 2 rings (SSSR count). The summed E-state index contributed by atoms with van der Waals surface area (Å²) in [6.07, 6.45) is 0. The molecule has 0 N–H and O–H groups in total. The third kappa shape index (κ3) is 2.52. The van der Waals surface area contributed by atoms with E-state index < -0.39 is 0 Å². The lowest BCUT2D eigenvalue weighted by molar-refractivity contribution is -0.0188. The molecule has 0 fully saturated rings. The maximum absolute atomic E-state index is 8.90. The number of nitriles is 1. The molecule has 1 heterocycles. The van der Waals surface area contributed by atoms with Crippen molar-refractivity contribution in [3.63, 3.8) is 0 Å². The fourth-order valence-electron chi connectivity index (χ4n) is 1.72. The van der Waals surface area contributed by atoms with E-state index in [9.17, 15) is 0 Å². The fraction of sp³-hybridized carbons (Fsp3) is 0.429. The molecule has 18 heavy (non-hydrogen) atoms. The largest absolute Gasteiger partial charge is 0.368 e. The van der Waals surface area contributed by atoms with Gasteiger partial charge in [0.05, 0.1) is 28.3 Å². The zero-order valence-electron chi connectivity index (χ0n) is 11.2. The summed E-state index contributed by atoms with van der Waals surface area (Å²) < 4.78 is 7.71. The summed E-state index contributed by atoms with van der Waals surface area (Å²) >= 11 is 0. The number of ether oxygens (including phenoxy) is 1. The highest BCUT2D eigenvalue weighted by Crippen LogP contribution is 2.18. The molecular formula is C14H17N3O. The fourth-order valence-corrected chi connectivity index (χ4v) is 1.72. The lowest BCUT2D eigenvalue weighted by Gasteiger charge is -2.19. The molecule has 0 unspecified atom stereocenters. The maximum Gasteiger partial charge on any atom is 0.135 e. The van der Waals surface area contributed by atoms with Gasteiger partial charge in [-0.2, -0.15) is 5.26 Å². The SMILES string of the molecule is Cn1c(COC(C)(C)C)nc2ccc(C#N)cc21. The Hall–Kier alpha value is -1.86. The molecule has 0 saturated heterocycles. The Balaban J connectivity index is 2.36. The van der Waals surface area contributed by atoms with E-state index in [2.05, 4.69) is 11.1 Å². The second kappa shape index (κ2) is 4.43. The molecule has 4 heteroatoms. The first-order valence-electron chi connectivity index (χ1n) is 5.90. The Bertz CT molecular complexity index is 614. The van der Waals surface area contributed by atoms with Gasteiger partial charge < -0.3 is 9.30 Å². The van der Waals surface area contributed by atoms with Crippen LogP contribution in [0.3, 0.4) is 0 Å². The van der Waals surface area contributed by atoms with Crippen LogP contribution in [0.2, 0.25) is 0 Å². The van der Waals surface area contributed by atoms with E-state index in [1.54, 1.807) is 6.07 Å². The zero-order chi connectivity index (χ0) is 13.3. The molecule has 0 aliphatic rings. The van der Waals surface area contributed by atoms with Gasteiger partial charge in [0, 0.05) is 7.05 Å². The van der Waals surface area contributed by atoms with Crippen LogP contribution in [0, 0.1) is 11.3 Å². The summed E-state index contributed by atoms with van der Waals surface area (Å²) in [5.41, 5.74) is 2.31. The number of imidazole rings is 1. The van der Waals surface area contributed by atoms with Crippen LogP contribution in [0.1, 0.15) is 32.2 Å². The van der Waals surface area contributed by atoms with Crippen LogP contribution in [-0.2, 0) is 18.4 Å². The molecule has 4 nitrogen and oxygen atoms in total. The first-order valence-corrected chi connectivity index (χ1v) is 5.90. The van der Waals surface area contributed by atoms with Crippen molar-refractivity contribution < 1.29 is 4.74 Å². The van der Waals surface area contributed by atoms with Gasteiger partial charge in [-0.3, -0.25) is 0 Å². The number of benzene rings is 1. The number of aromatic nitrogens is 2. The summed E-state index contributed by atoms with van der Waals surface area (Å²) in [6, 6.07) is 7.64. The van der Waals surface area contributed by atoms with Crippen molar-refractivity contribution in [2.24, 2.45) is 7.05 Å². The Morgan fingerprint density at radius 2 is 2.11 bits per heavy atom. The van der Waals surface area contributed by atoms with E-state index in [0.717, 1.165) is 16.9 Å². The van der Waals surface area contributed by atoms with Crippen molar-refractivity contribution in [3.05, 3.63) is 29.6 Å². The topological polar surface area (TPSA) is 50.8 Å². The highest BCUT2D eigenvalue weighted by atomic mass is 16.5. The zero-order valence-corrected chi connectivity index (χ0v) is 11.2. The van der Waals surface area contributed by atoms with Crippen LogP contribution in [0.5, 0.6) is 0 Å². The number of aryl methyl sites for hydroxylation is 1. The summed E-state index contributed by atoms with van der Waals surface area (Å²) in [7, 11) is 1.94. The summed E-state index contributed by atoms with van der Waals surface area (Å²) in [6.45, 7) is 6.52. The average Bonchev–Trinajstić information content (AvgIpc) is 2.62. The van der Waals surface area contributed by atoms with Gasteiger partial charge >= 0.3 is 0 Å². The second-order valence-electron chi connectivity index (χ2n) is 5.30. The van der Waals surface area contributed by atoms with Crippen molar-refractivity contribution in [2.45, 2.75) is 33.0 Å². The first kappa shape index (κ1) is 12.6. The molecule has 0 aliphatic carbocycles. The van der Waals surface area contributed by atoms with Crippen LogP contribution < -0.4 is 0 Å². The molecule has 0 amide bonds. The van der Waals surface area contributed by atoms with Gasteiger partial charge in [0.2, 0.25) is 0 Å². The normalized spacial score (nSPS) is 11.7. The Labute approximate surface area is 107 Å². The molecule has 0 bridgehead atoms. The number of fused-ring (bicyclic) bond motifs is 1. The smallest absolute Gasteiger partial charge is 0.135 e. The highest BCUT2D eigenvalue weighted by molar-refractivity contribution is 5.77. The lowest BCUT2D eigenvalue weighted by atomic mass is 10.2. The highest BCUT2D eigenvalue weighted by Gasteiger charge is 2.14. The Kier molecular flexibility index (Phi) is 3.10. The molecule has 2 aromatic rings. The van der Waals surface area contributed by atoms with Gasteiger partial charge in [0.15, 0.2) is 0 Å². The molecular weight excluding hydrogens is 226 g/mol. The molecule has 0 radical (unpaired) electrons. The first-order chi connectivity index (χ1) is 8.40. The molecule has 0 atom stereocenters. The monoisotopic (exact) mass is 243 g/mol. The number of hydrogen-bond donors (Lipinski definition) is 0. The van der Waals surface area contributed by atoms with E-state index in [1.807, 2.05) is 44.5 Å². The van der Waals surface area contributed by atoms with Crippen LogP contribution in [-0.4, -0.2) is 15.2 Å². The van der Waals surface area contributed by atoms with Crippen molar-refractivity contribution in [1.29, 1.82) is 5.26 Å². The predicted molar refractivity (Wildman–Crippen MR) is 70.0 cm³/mol. The number of nitrogens with zero attached hydrogens (tertiary/aromatic N) is 3. The average molecular weight is 243 g/mol. The van der Waals surface area contributed by atoms with Crippen LogP contribution in [0.15, 0.2) is 18.2 Å². The van der Waals surface area contributed by atoms with Crippen LogP contribution >= 0.6 is 0 Å². The van der Waals surface area contributed by atoms with E-state index >= 15 is 0 Å². The minimum atomic E-state index is -0.185. The van der Waals surface area contributed by atoms with Gasteiger partial charge in [-0.05, 0) is 39.0 Å². The lowest BCUT2D eigenvalue weighted by Crippen LogP contribution is -2.19. The Morgan fingerprint density at radius 3 is 2.72 bits per heavy atom. The van der Waals surface area contributed by atoms with Crippen molar-refractivity contribution in [1.82, 2.24) is 9.55 Å². The molecule has 94 valence electrons. The second-order valence-corrected chi connectivity index (χ2v) is 5.30. The van der Waals surface area contributed by atoms with Gasteiger partial charge in [-0.15, -0.1) is 0 Å². The predicted octanol–water partition coefficient (Wildman–Crippen LogP) is 2.76. The standard InChI is InChI=1S/C14H17N3O/c1-14(2,3)18-9-13-16-11-6-5-10(8-15)7-12(11)17(13)4/h5-7H,9H2,1-4H3. The quantitative estimate of drug-likeness (QED) is 0.815. The van der Waals surface area contributed by atoms with Gasteiger partial charge in [-0.1, -0.05) is 0 Å². The third-order valence-corrected chi connectivity index (χ3v) is 2.74. The summed E-state index contributed by atoms with van der Waals surface area (Å²) in [5, 5.41) is 8.90. The number of hydrogen-bond acceptors (Lipinski definition) is 3. The van der Waals surface area contributed by atoms with E-state index in [4.69, 9.17) is 10.00 Å². The summed E-state index contributed by atoms with van der Waals surface area (Å²) in [4.78, 5) is 4.52. The van der Waals surface area contributed by atoms with Crippen LogP contribution in [0.25, 0.3) is 11.0 Å². The van der Waals surface area contributed by atoms with Gasteiger partial charge in [-0.25, -0.2) is 4.98 Å². The third-order valence-electron chi connectivity index (χ3n) is 2.74. The van der Waals surface area contributed by atoms with Gasteiger partial charge in [0.25, 0.3) is 0 Å². The minimum absolute atomic E-state index is 0.185. The summed E-state index contributed by atoms with van der Waals surface area (Å²) in [5.74, 6) is 0.870. The number of rotatable bonds is 2. The van der Waals surface area contributed by atoms with Crippen molar-refractivity contribution in [2.75, 3.05) is 0 Å². The molecule has 1 aromatic carbocycles. The Morgan fingerprint density at radius 1 is 1.39 bits per heavy atom. The van der Waals surface area contributed by atoms with E-state index in [1.165, 1.54) is 0 Å². The van der Waals surface area contributed by atoms with Gasteiger partial charge in [0.1, 0.15) is 12.4 Å². The van der Waals surface area contributed by atoms with E-state index in [0.29, 0.717) is 12.2 Å². The maximum atomic E-state index is 8.90.